The topological polar surface area (TPSA) is 163 Å². The van der Waals surface area contributed by atoms with Crippen LogP contribution in [0.25, 0.3) is 0 Å². The molecule has 420 valence electrons. The first-order valence-electron chi connectivity index (χ1n) is 26.8. The Balaban J connectivity index is -0.000000261. The highest BCUT2D eigenvalue weighted by molar-refractivity contribution is 6.85. The van der Waals surface area contributed by atoms with Crippen molar-refractivity contribution >= 4 is 44.7 Å². The Morgan fingerprint density at radius 3 is 0.889 bits per heavy atom. The van der Waals surface area contributed by atoms with Crippen molar-refractivity contribution in [3.05, 3.63) is 75.9 Å². The Morgan fingerprint density at radius 2 is 0.681 bits per heavy atom. The molecule has 0 aromatic carbocycles. The van der Waals surface area contributed by atoms with Gasteiger partial charge in [-0.1, -0.05) is 153 Å². The largest absolute Gasteiger partial charge is 0.388 e. The maximum Gasteiger partial charge on any atom is 0.121 e. The van der Waals surface area contributed by atoms with E-state index in [1.165, 1.54) is 6.08 Å². The number of hydrogen-bond donors (Lipinski definition) is 5. The second kappa shape index (κ2) is 35.3. The summed E-state index contributed by atoms with van der Waals surface area (Å²) in [6, 6.07) is 4.18. The summed E-state index contributed by atoms with van der Waals surface area (Å²) in [6.07, 6.45) is 10.4. The van der Waals surface area contributed by atoms with Gasteiger partial charge in [0, 0.05) is 30.2 Å². The lowest BCUT2D eigenvalue weighted by atomic mass is 9.76. The summed E-state index contributed by atoms with van der Waals surface area (Å²) < 4.78 is 0. The zero-order chi connectivity index (χ0) is 58.6. The van der Waals surface area contributed by atoms with Gasteiger partial charge in [-0.05, 0) is 145 Å². The third kappa shape index (κ3) is 25.0. The molecule has 0 aliphatic heterocycles. The van der Waals surface area contributed by atoms with Crippen molar-refractivity contribution in [3.8, 4) is 0 Å². The van der Waals surface area contributed by atoms with Gasteiger partial charge in [-0.15, -0.1) is 0 Å². The molecule has 0 saturated carbocycles. The minimum absolute atomic E-state index is 0.132. The van der Waals surface area contributed by atoms with Crippen LogP contribution >= 0.6 is 0 Å². The smallest absolute Gasteiger partial charge is 0.121 e. The van der Waals surface area contributed by atoms with Crippen LogP contribution in [0.15, 0.2) is 101 Å². The molecule has 4 unspecified atom stereocenters. The SMILES string of the molecule is C=CC(=NC(C)C)C(C)(O)C=C.C=CC(=NC(C)C)C(C)(O)[Si](C)(C)C.C=CC(=NC(C)C)C(C)(O)[Si](CC)(CC)CC.C=CC(=NC(C)C)C(O)(C(C)C)C(C)C.C=CC(=NC(C)C)C(O)(CC)C(C)C. The van der Waals surface area contributed by atoms with Crippen molar-refractivity contribution in [2.24, 2.45) is 42.7 Å². The van der Waals surface area contributed by atoms with Crippen LogP contribution in [0, 0.1) is 17.8 Å². The molecular weight excluding hydrogens is 927 g/mol. The fourth-order valence-electron chi connectivity index (χ4n) is 7.88. The van der Waals surface area contributed by atoms with Gasteiger partial charge in [-0.2, -0.15) is 0 Å². The van der Waals surface area contributed by atoms with E-state index in [4.69, 9.17) is 0 Å². The third-order valence-electron chi connectivity index (χ3n) is 13.5. The van der Waals surface area contributed by atoms with Gasteiger partial charge in [0.15, 0.2) is 0 Å². The number of nitrogens with zero attached hydrogens (tertiary/aromatic N) is 5. The molecule has 0 saturated heterocycles. The summed E-state index contributed by atoms with van der Waals surface area (Å²) in [5, 5.41) is 50.6. The summed E-state index contributed by atoms with van der Waals surface area (Å²) in [4.78, 5) is 22.1. The zero-order valence-electron chi connectivity index (χ0n) is 51.6. The van der Waals surface area contributed by atoms with Gasteiger partial charge in [0.05, 0.1) is 55.2 Å². The summed E-state index contributed by atoms with van der Waals surface area (Å²) in [5.74, 6) is 0.420. The van der Waals surface area contributed by atoms with E-state index in [2.05, 4.69) is 105 Å². The Bertz CT molecular complexity index is 1720. The quantitative estimate of drug-likeness (QED) is 0.0349. The molecule has 10 nitrogen and oxygen atoms in total. The minimum Gasteiger partial charge on any atom is -0.388 e. The highest BCUT2D eigenvalue weighted by Crippen LogP contribution is 2.34. The van der Waals surface area contributed by atoms with E-state index < -0.39 is 43.4 Å². The lowest BCUT2D eigenvalue weighted by Gasteiger charge is -2.42. The number of rotatable bonds is 25. The van der Waals surface area contributed by atoms with Gasteiger partial charge in [0.2, 0.25) is 0 Å². The molecule has 0 aromatic heterocycles. The van der Waals surface area contributed by atoms with Crippen LogP contribution in [0.1, 0.15) is 166 Å². The van der Waals surface area contributed by atoms with Crippen molar-refractivity contribution in [2.75, 3.05) is 0 Å². The number of aliphatic hydroxyl groups is 5. The average Bonchev–Trinajstić information content (AvgIpc) is 3.27. The summed E-state index contributed by atoms with van der Waals surface area (Å²) in [6.45, 7) is 74.6. The second-order valence-corrected chi connectivity index (χ2v) is 33.8. The fourth-order valence-corrected chi connectivity index (χ4v) is 13.1. The molecule has 0 radical (unpaired) electrons. The highest BCUT2D eigenvalue weighted by Gasteiger charge is 2.48. The van der Waals surface area contributed by atoms with Crippen molar-refractivity contribution in [1.29, 1.82) is 0 Å². The Kier molecular flexibility index (Phi) is 38.2. The molecule has 0 bridgehead atoms. The summed E-state index contributed by atoms with van der Waals surface area (Å²) in [7, 11) is -3.42. The van der Waals surface area contributed by atoms with Gasteiger partial charge in [0.25, 0.3) is 0 Å². The standard InChI is InChI=1S/C14H29NOSi.C13H25NO.C12H23NO.C11H23NOSi.C10H17NO/c1-8-13(15-12(5)6)14(7,16)17(9-2,10-3)11-4;1-8-12(14-11(6)7)13(15,9(2)3)10(4)5;1-7-11(13-10(5)6)12(14,8-2)9(3)4;1-8-10(12-9(2)3)11(4,13)14(5,6)7;1-6-9(11-8(3)4)10(5,12)7-2/h8,12,16H,1,9-11H2,2-7H3;8-11,15H,1H2,2-7H3;7,9-10,14H,1,8H2,2-6H3;8-9,13H,1H2,2-7H3;6-8,12H,1-2H2,3-5H3. The van der Waals surface area contributed by atoms with Gasteiger partial charge >= 0.3 is 0 Å². The van der Waals surface area contributed by atoms with Gasteiger partial charge in [-0.25, -0.2) is 0 Å². The summed E-state index contributed by atoms with van der Waals surface area (Å²) >= 11 is 0. The van der Waals surface area contributed by atoms with E-state index in [1.54, 1.807) is 37.3 Å². The van der Waals surface area contributed by atoms with Crippen molar-refractivity contribution in [1.82, 2.24) is 0 Å². The first-order valence-corrected chi connectivity index (χ1v) is 32.9. The normalized spacial score (nSPS) is 16.7. The molecule has 0 aromatic rings. The Morgan fingerprint density at radius 1 is 0.417 bits per heavy atom. The van der Waals surface area contributed by atoms with Crippen molar-refractivity contribution < 1.29 is 25.5 Å². The van der Waals surface area contributed by atoms with Crippen molar-refractivity contribution in [3.63, 3.8) is 0 Å². The molecule has 72 heavy (non-hydrogen) atoms. The second-order valence-electron chi connectivity index (χ2n) is 22.7. The van der Waals surface area contributed by atoms with Crippen LogP contribution in [0.2, 0.25) is 37.8 Å². The molecule has 0 spiro atoms. The Hall–Kier alpha value is -2.98. The average molecular weight is 1040 g/mol. The molecule has 0 rings (SSSR count). The molecule has 0 fully saturated rings. The van der Waals surface area contributed by atoms with Gasteiger partial charge < -0.3 is 25.5 Å². The molecular formula is C60H117N5O5Si2. The van der Waals surface area contributed by atoms with E-state index in [-0.39, 0.29) is 48.0 Å². The lowest BCUT2D eigenvalue weighted by molar-refractivity contribution is 0.0200. The van der Waals surface area contributed by atoms with E-state index in [0.717, 1.165) is 29.6 Å². The van der Waals surface area contributed by atoms with Crippen LogP contribution in [0.4, 0.5) is 0 Å². The van der Waals surface area contributed by atoms with Crippen LogP contribution in [-0.4, -0.2) is 128 Å². The fraction of sp³-hybridized carbons (Fsp3) is 0.717. The minimum atomic E-state index is -1.74. The van der Waals surface area contributed by atoms with Gasteiger partial charge in [0.1, 0.15) is 16.8 Å². The summed E-state index contributed by atoms with van der Waals surface area (Å²) in [5.41, 5.74) is 0.737. The third-order valence-corrected chi connectivity index (χ3v) is 23.1. The van der Waals surface area contributed by atoms with Crippen LogP contribution in [-0.2, 0) is 0 Å². The number of aliphatic imine (C=N–C) groups is 5. The molecule has 0 amide bonds. The van der Waals surface area contributed by atoms with E-state index in [1.807, 2.05) is 132 Å². The molecule has 4 atom stereocenters. The molecule has 0 aliphatic rings. The maximum absolute atomic E-state index is 11.0. The molecule has 12 heteroatoms. The predicted molar refractivity (Wildman–Crippen MR) is 331 cm³/mol. The predicted octanol–water partition coefficient (Wildman–Crippen LogP) is 14.3. The molecule has 5 N–H and O–H groups in total. The van der Waals surface area contributed by atoms with E-state index in [9.17, 15) is 25.5 Å². The first-order chi connectivity index (χ1) is 32.5. The maximum atomic E-state index is 11.0. The van der Waals surface area contributed by atoms with Crippen LogP contribution in [0.5, 0.6) is 0 Å². The Labute approximate surface area is 447 Å². The highest BCUT2D eigenvalue weighted by atomic mass is 28.3. The monoisotopic (exact) mass is 1040 g/mol. The van der Waals surface area contributed by atoms with Crippen molar-refractivity contribution in [2.45, 2.75) is 261 Å². The van der Waals surface area contributed by atoms with Gasteiger partial charge in [-0.3, -0.25) is 25.0 Å². The van der Waals surface area contributed by atoms with Crippen LogP contribution < -0.4 is 0 Å². The van der Waals surface area contributed by atoms with E-state index >= 15 is 0 Å². The van der Waals surface area contributed by atoms with E-state index in [0.29, 0.717) is 23.6 Å². The molecule has 0 heterocycles. The zero-order valence-corrected chi connectivity index (χ0v) is 53.6. The van der Waals surface area contributed by atoms with Crippen LogP contribution in [0.3, 0.4) is 0 Å². The number of hydrogen-bond acceptors (Lipinski definition) is 10. The first kappa shape index (κ1) is 77.9. The molecule has 0 aliphatic carbocycles. The lowest BCUT2D eigenvalue weighted by Crippen LogP contribution is -2.60.